The highest BCUT2D eigenvalue weighted by Crippen LogP contribution is 2.22. The summed E-state index contributed by atoms with van der Waals surface area (Å²) in [5, 5.41) is 7.07. The van der Waals surface area contributed by atoms with E-state index in [2.05, 4.69) is 46.0 Å². The molecule has 6 nitrogen and oxygen atoms in total. The van der Waals surface area contributed by atoms with E-state index in [0.717, 1.165) is 10.8 Å². The van der Waals surface area contributed by atoms with Crippen LogP contribution in [-0.4, -0.2) is 26.4 Å². The molecule has 7 heteroatoms. The molecule has 0 saturated carbocycles. The highest BCUT2D eigenvalue weighted by atomic mass is 32.2. The van der Waals surface area contributed by atoms with Crippen molar-refractivity contribution in [2.24, 2.45) is 0 Å². The van der Waals surface area contributed by atoms with E-state index < -0.39 is 0 Å². The molecule has 2 heterocycles. The summed E-state index contributed by atoms with van der Waals surface area (Å²) in [7, 11) is 0. The standard InChI is InChI=1S/C16H16N4O2S/c1-11-3-4-13(9-12(11)2)20-7-6-17-16(20)23-10-15(21)18-14-5-8-22-19-14/h3-9H,10H2,1-2H3,(H,18,19,21). The van der Waals surface area contributed by atoms with Crippen LogP contribution in [0.15, 0.2) is 52.6 Å². The summed E-state index contributed by atoms with van der Waals surface area (Å²) in [6, 6.07) is 7.83. The van der Waals surface area contributed by atoms with Crippen molar-refractivity contribution in [3.8, 4) is 5.69 Å². The quantitative estimate of drug-likeness (QED) is 0.728. The molecule has 1 N–H and O–H groups in total. The van der Waals surface area contributed by atoms with Gasteiger partial charge in [0.1, 0.15) is 6.26 Å². The van der Waals surface area contributed by atoms with Gasteiger partial charge in [-0.2, -0.15) is 0 Å². The van der Waals surface area contributed by atoms with E-state index in [-0.39, 0.29) is 11.7 Å². The molecule has 23 heavy (non-hydrogen) atoms. The molecule has 0 atom stereocenters. The van der Waals surface area contributed by atoms with Crippen LogP contribution in [0, 0.1) is 13.8 Å². The molecule has 1 aromatic carbocycles. The maximum absolute atomic E-state index is 11.9. The summed E-state index contributed by atoms with van der Waals surface area (Å²) in [6.45, 7) is 4.16. The Labute approximate surface area is 137 Å². The highest BCUT2D eigenvalue weighted by Gasteiger charge is 2.10. The molecule has 0 aliphatic carbocycles. The first-order valence-electron chi connectivity index (χ1n) is 7.07. The summed E-state index contributed by atoms with van der Waals surface area (Å²) >= 11 is 1.37. The number of aryl methyl sites for hydroxylation is 2. The zero-order valence-electron chi connectivity index (χ0n) is 12.8. The number of anilines is 1. The lowest BCUT2D eigenvalue weighted by molar-refractivity contribution is -0.113. The van der Waals surface area contributed by atoms with Crippen molar-refractivity contribution in [2.45, 2.75) is 19.0 Å². The first-order chi connectivity index (χ1) is 11.1. The maximum atomic E-state index is 11.9. The second kappa shape index (κ2) is 6.70. The maximum Gasteiger partial charge on any atom is 0.236 e. The Hall–Kier alpha value is -2.54. The van der Waals surface area contributed by atoms with Crippen molar-refractivity contribution in [1.29, 1.82) is 0 Å². The van der Waals surface area contributed by atoms with Gasteiger partial charge in [0.2, 0.25) is 5.91 Å². The van der Waals surface area contributed by atoms with Crippen molar-refractivity contribution in [3.63, 3.8) is 0 Å². The number of benzene rings is 1. The van der Waals surface area contributed by atoms with E-state index in [1.54, 1.807) is 12.3 Å². The van der Waals surface area contributed by atoms with Gasteiger partial charge in [0, 0.05) is 24.1 Å². The summed E-state index contributed by atoms with van der Waals surface area (Å²) in [5.41, 5.74) is 3.50. The fourth-order valence-electron chi connectivity index (χ4n) is 2.05. The number of hydrogen-bond donors (Lipinski definition) is 1. The minimum absolute atomic E-state index is 0.154. The lowest BCUT2D eigenvalue weighted by Crippen LogP contribution is -2.14. The third-order valence-electron chi connectivity index (χ3n) is 3.41. The fraction of sp³-hybridized carbons (Fsp3) is 0.188. The normalized spacial score (nSPS) is 10.7. The van der Waals surface area contributed by atoms with Gasteiger partial charge in [0.05, 0.1) is 5.75 Å². The first kappa shape index (κ1) is 15.4. The monoisotopic (exact) mass is 328 g/mol. The average Bonchev–Trinajstić information content (AvgIpc) is 3.19. The molecule has 0 unspecified atom stereocenters. The predicted molar refractivity (Wildman–Crippen MR) is 88.9 cm³/mol. The second-order valence-electron chi connectivity index (χ2n) is 5.07. The van der Waals surface area contributed by atoms with Gasteiger partial charge in [-0.15, -0.1) is 0 Å². The van der Waals surface area contributed by atoms with E-state index in [0.29, 0.717) is 5.82 Å². The number of carbonyl (C=O) groups is 1. The topological polar surface area (TPSA) is 73.0 Å². The smallest absolute Gasteiger partial charge is 0.236 e. The number of amides is 1. The predicted octanol–water partition coefficient (Wildman–Crippen LogP) is 3.21. The molecule has 2 aromatic heterocycles. The molecule has 0 fully saturated rings. The molecular weight excluding hydrogens is 312 g/mol. The molecule has 0 aliphatic rings. The van der Waals surface area contributed by atoms with Crippen LogP contribution < -0.4 is 5.32 Å². The SMILES string of the molecule is Cc1ccc(-n2ccnc2SCC(=O)Nc2ccon2)cc1C. The average molecular weight is 328 g/mol. The van der Waals surface area contributed by atoms with E-state index >= 15 is 0 Å². The molecule has 0 radical (unpaired) electrons. The Morgan fingerprint density at radius 3 is 2.91 bits per heavy atom. The third-order valence-corrected chi connectivity index (χ3v) is 4.38. The van der Waals surface area contributed by atoms with E-state index in [4.69, 9.17) is 0 Å². The highest BCUT2D eigenvalue weighted by molar-refractivity contribution is 7.99. The molecule has 0 spiro atoms. The van der Waals surface area contributed by atoms with Crippen LogP contribution in [0.3, 0.4) is 0 Å². The van der Waals surface area contributed by atoms with Gasteiger partial charge in [0.25, 0.3) is 0 Å². The lowest BCUT2D eigenvalue weighted by atomic mass is 10.1. The Morgan fingerprint density at radius 2 is 2.17 bits per heavy atom. The van der Waals surface area contributed by atoms with Crippen LogP contribution in [0.5, 0.6) is 0 Å². The Balaban J connectivity index is 1.68. The summed E-state index contributed by atoms with van der Waals surface area (Å²) in [4.78, 5) is 16.2. The van der Waals surface area contributed by atoms with Crippen molar-refractivity contribution in [2.75, 3.05) is 11.1 Å². The number of carbonyl (C=O) groups excluding carboxylic acids is 1. The Bertz CT molecular complexity index is 811. The van der Waals surface area contributed by atoms with Gasteiger partial charge < -0.3 is 9.84 Å². The molecule has 3 rings (SSSR count). The van der Waals surface area contributed by atoms with Gasteiger partial charge in [-0.3, -0.25) is 9.36 Å². The summed E-state index contributed by atoms with van der Waals surface area (Å²) in [5.74, 6) is 0.501. The largest absolute Gasteiger partial charge is 0.363 e. The number of nitrogens with one attached hydrogen (secondary N) is 1. The zero-order valence-corrected chi connectivity index (χ0v) is 13.6. The molecular formula is C16H16N4O2S. The van der Waals surface area contributed by atoms with Gasteiger partial charge in [0.15, 0.2) is 11.0 Å². The Morgan fingerprint density at radius 1 is 1.30 bits per heavy atom. The minimum atomic E-state index is -0.154. The van der Waals surface area contributed by atoms with Crippen molar-refractivity contribution < 1.29 is 9.32 Å². The first-order valence-corrected chi connectivity index (χ1v) is 8.06. The number of nitrogens with zero attached hydrogens (tertiary/aromatic N) is 3. The van der Waals surface area contributed by atoms with Gasteiger partial charge in [-0.25, -0.2) is 4.98 Å². The number of rotatable bonds is 5. The van der Waals surface area contributed by atoms with Crippen molar-refractivity contribution >= 4 is 23.5 Å². The van der Waals surface area contributed by atoms with Crippen molar-refractivity contribution in [3.05, 3.63) is 54.0 Å². The number of hydrogen-bond acceptors (Lipinski definition) is 5. The fourth-order valence-corrected chi connectivity index (χ4v) is 2.83. The molecule has 1 amide bonds. The number of imidazole rings is 1. The number of thioether (sulfide) groups is 1. The van der Waals surface area contributed by atoms with Gasteiger partial charge in [-0.05, 0) is 37.1 Å². The molecule has 0 saturated heterocycles. The van der Waals surface area contributed by atoms with Crippen LogP contribution in [-0.2, 0) is 4.79 Å². The molecule has 0 bridgehead atoms. The summed E-state index contributed by atoms with van der Waals surface area (Å²) < 4.78 is 6.65. The van der Waals surface area contributed by atoms with Crippen LogP contribution in [0.1, 0.15) is 11.1 Å². The molecule has 3 aromatic rings. The molecule has 118 valence electrons. The van der Waals surface area contributed by atoms with E-state index in [9.17, 15) is 4.79 Å². The second-order valence-corrected chi connectivity index (χ2v) is 6.01. The molecule has 0 aliphatic heterocycles. The van der Waals surface area contributed by atoms with Crippen LogP contribution in [0.4, 0.5) is 5.82 Å². The van der Waals surface area contributed by atoms with E-state index in [1.807, 2.05) is 16.8 Å². The Kier molecular flexibility index (Phi) is 4.47. The van der Waals surface area contributed by atoms with E-state index in [1.165, 1.54) is 29.2 Å². The van der Waals surface area contributed by atoms with Crippen LogP contribution >= 0.6 is 11.8 Å². The van der Waals surface area contributed by atoms with Gasteiger partial charge >= 0.3 is 0 Å². The summed E-state index contributed by atoms with van der Waals surface area (Å²) in [6.07, 6.45) is 5.03. The van der Waals surface area contributed by atoms with Crippen molar-refractivity contribution in [1.82, 2.24) is 14.7 Å². The zero-order chi connectivity index (χ0) is 16.2. The van der Waals surface area contributed by atoms with Crippen LogP contribution in [0.2, 0.25) is 0 Å². The number of aromatic nitrogens is 3. The van der Waals surface area contributed by atoms with Crippen LogP contribution in [0.25, 0.3) is 5.69 Å². The third kappa shape index (κ3) is 3.62. The van der Waals surface area contributed by atoms with Gasteiger partial charge in [-0.1, -0.05) is 23.0 Å². The minimum Gasteiger partial charge on any atom is -0.363 e. The lowest BCUT2D eigenvalue weighted by Gasteiger charge is -2.09.